The Morgan fingerprint density at radius 3 is 2.38 bits per heavy atom. The van der Waals surface area contributed by atoms with Crippen LogP contribution in [0.5, 0.6) is 0 Å². The van der Waals surface area contributed by atoms with Crippen molar-refractivity contribution >= 4 is 5.97 Å². The highest BCUT2D eigenvalue weighted by molar-refractivity contribution is 5.82. The Morgan fingerprint density at radius 2 is 1.86 bits per heavy atom. The minimum Gasteiger partial charge on any atom is -0.444 e. The van der Waals surface area contributed by atoms with Gasteiger partial charge in [0.1, 0.15) is 0 Å². The lowest BCUT2D eigenvalue weighted by Crippen LogP contribution is -2.46. The van der Waals surface area contributed by atoms with Crippen LogP contribution in [0.25, 0.3) is 0 Å². The fraction of sp³-hybridized carbons (Fsp3) is 0.500. The largest absolute Gasteiger partial charge is 0.444 e. The van der Waals surface area contributed by atoms with Crippen LogP contribution in [0, 0.1) is 18.3 Å². The zero-order chi connectivity index (χ0) is 15.5. The molecule has 1 N–H and O–H groups in total. The Balaban J connectivity index is 2.37. The molecule has 0 spiro atoms. The quantitative estimate of drug-likeness (QED) is 0.683. The van der Waals surface area contributed by atoms with Crippen molar-refractivity contribution in [2.24, 2.45) is 5.92 Å². The van der Waals surface area contributed by atoms with Gasteiger partial charge in [-0.05, 0) is 32.3 Å². The van der Waals surface area contributed by atoms with Crippen molar-refractivity contribution in [2.45, 2.75) is 50.7 Å². The number of rotatable bonds is 4. The van der Waals surface area contributed by atoms with Gasteiger partial charge in [-0.2, -0.15) is 0 Å². The van der Waals surface area contributed by atoms with Crippen LogP contribution in [0.1, 0.15) is 45.1 Å². The summed E-state index contributed by atoms with van der Waals surface area (Å²) in [5, 5.41) is 11.2. The average molecular weight is 286 g/mol. The molecule has 0 aliphatic heterocycles. The Morgan fingerprint density at radius 1 is 1.29 bits per heavy atom. The molecule has 112 valence electrons. The second-order valence-corrected chi connectivity index (χ2v) is 6.16. The summed E-state index contributed by atoms with van der Waals surface area (Å²) in [6, 6.07) is 9.02. The lowest BCUT2D eigenvalue weighted by molar-refractivity contribution is -0.182. The normalized spacial score (nSPS) is 18.8. The van der Waals surface area contributed by atoms with E-state index < -0.39 is 17.2 Å². The second-order valence-electron chi connectivity index (χ2n) is 6.16. The van der Waals surface area contributed by atoms with E-state index in [4.69, 9.17) is 11.2 Å². The van der Waals surface area contributed by atoms with Gasteiger partial charge in [-0.25, -0.2) is 4.79 Å². The number of hydrogen-bond donors (Lipinski definition) is 1. The molecule has 1 unspecified atom stereocenters. The van der Waals surface area contributed by atoms with Crippen molar-refractivity contribution in [1.82, 2.24) is 0 Å². The molecule has 1 aromatic rings. The van der Waals surface area contributed by atoms with Crippen molar-refractivity contribution in [3.8, 4) is 12.3 Å². The van der Waals surface area contributed by atoms with Gasteiger partial charge < -0.3 is 9.84 Å². The van der Waals surface area contributed by atoms with Gasteiger partial charge in [-0.3, -0.25) is 0 Å². The molecular weight excluding hydrogens is 264 g/mol. The Labute approximate surface area is 126 Å². The molecule has 21 heavy (non-hydrogen) atoms. The number of carbonyl (C=O) groups excluding carboxylic acids is 1. The van der Waals surface area contributed by atoms with Crippen LogP contribution in [0.3, 0.4) is 0 Å². The number of terminal acetylenes is 1. The minimum absolute atomic E-state index is 0.124. The van der Waals surface area contributed by atoms with E-state index in [0.717, 1.165) is 25.7 Å². The van der Waals surface area contributed by atoms with E-state index in [-0.39, 0.29) is 5.92 Å². The van der Waals surface area contributed by atoms with Crippen LogP contribution in [-0.4, -0.2) is 16.7 Å². The van der Waals surface area contributed by atoms with Crippen molar-refractivity contribution in [3.63, 3.8) is 0 Å². The molecule has 0 bridgehead atoms. The third kappa shape index (κ3) is 3.11. The van der Waals surface area contributed by atoms with Gasteiger partial charge in [0.2, 0.25) is 0 Å². The van der Waals surface area contributed by atoms with E-state index in [1.165, 1.54) is 0 Å². The standard InChI is InChI=1S/C18H22O3/c1-4-17(2,3)21-16(19)18(20,15-12-8-9-13-15)14-10-6-5-7-11-14/h1,5-7,10-11,15,20H,8-9,12-13H2,2-3H3. The molecular formula is C18H22O3. The smallest absolute Gasteiger partial charge is 0.344 e. The topological polar surface area (TPSA) is 46.5 Å². The van der Waals surface area contributed by atoms with Crippen LogP contribution >= 0.6 is 0 Å². The van der Waals surface area contributed by atoms with Gasteiger partial charge in [0.05, 0.1) is 0 Å². The van der Waals surface area contributed by atoms with E-state index in [1.54, 1.807) is 26.0 Å². The summed E-state index contributed by atoms with van der Waals surface area (Å²) in [6.45, 7) is 3.29. The highest BCUT2D eigenvalue weighted by atomic mass is 16.6. The van der Waals surface area contributed by atoms with E-state index in [2.05, 4.69) is 5.92 Å². The second kappa shape index (κ2) is 5.91. The molecule has 1 saturated carbocycles. The number of hydrogen-bond acceptors (Lipinski definition) is 3. The molecule has 2 rings (SSSR count). The monoisotopic (exact) mass is 286 g/mol. The molecule has 0 aromatic heterocycles. The number of benzene rings is 1. The van der Waals surface area contributed by atoms with E-state index in [0.29, 0.717) is 5.56 Å². The predicted molar refractivity (Wildman–Crippen MR) is 81.3 cm³/mol. The van der Waals surface area contributed by atoms with Gasteiger partial charge in [0.15, 0.2) is 11.2 Å². The molecule has 1 aromatic carbocycles. The third-order valence-corrected chi connectivity index (χ3v) is 4.17. The van der Waals surface area contributed by atoms with Crippen molar-refractivity contribution in [3.05, 3.63) is 35.9 Å². The van der Waals surface area contributed by atoms with Gasteiger partial charge in [0.25, 0.3) is 0 Å². The number of ether oxygens (including phenoxy) is 1. The molecule has 1 aliphatic carbocycles. The summed E-state index contributed by atoms with van der Waals surface area (Å²) in [5.74, 6) is 1.66. The number of aliphatic hydroxyl groups is 1. The highest BCUT2D eigenvalue weighted by Crippen LogP contribution is 2.42. The molecule has 0 amide bonds. The molecule has 3 nitrogen and oxygen atoms in total. The Bertz CT molecular complexity index is 535. The van der Waals surface area contributed by atoms with E-state index in [1.807, 2.05) is 18.2 Å². The third-order valence-electron chi connectivity index (χ3n) is 4.17. The maximum Gasteiger partial charge on any atom is 0.344 e. The zero-order valence-corrected chi connectivity index (χ0v) is 12.6. The fourth-order valence-electron chi connectivity index (χ4n) is 2.90. The van der Waals surface area contributed by atoms with Crippen LogP contribution in [0.4, 0.5) is 0 Å². The lowest BCUT2D eigenvalue weighted by Gasteiger charge is -2.34. The SMILES string of the molecule is C#CC(C)(C)OC(=O)C(O)(c1ccccc1)C1CCCC1. The van der Waals surface area contributed by atoms with Crippen LogP contribution < -0.4 is 0 Å². The Hall–Kier alpha value is -1.79. The van der Waals surface area contributed by atoms with Gasteiger partial charge in [-0.1, -0.05) is 49.1 Å². The molecule has 0 radical (unpaired) electrons. The average Bonchev–Trinajstić information content (AvgIpc) is 3.01. The molecule has 0 saturated heterocycles. The molecule has 1 fully saturated rings. The minimum atomic E-state index is -1.62. The molecule has 1 atom stereocenters. The maximum absolute atomic E-state index is 12.7. The van der Waals surface area contributed by atoms with Gasteiger partial charge >= 0.3 is 5.97 Å². The molecule has 0 heterocycles. The Kier molecular flexibility index (Phi) is 4.39. The summed E-state index contributed by atoms with van der Waals surface area (Å²) < 4.78 is 5.39. The summed E-state index contributed by atoms with van der Waals surface area (Å²) in [6.07, 6.45) is 9.05. The van der Waals surface area contributed by atoms with Crippen LogP contribution in [0.2, 0.25) is 0 Å². The maximum atomic E-state index is 12.7. The first-order valence-corrected chi connectivity index (χ1v) is 7.39. The van der Waals surface area contributed by atoms with Crippen molar-refractivity contribution in [2.75, 3.05) is 0 Å². The lowest BCUT2D eigenvalue weighted by atomic mass is 9.80. The summed E-state index contributed by atoms with van der Waals surface area (Å²) in [4.78, 5) is 12.7. The highest BCUT2D eigenvalue weighted by Gasteiger charge is 2.49. The van der Waals surface area contributed by atoms with Crippen LogP contribution in [0.15, 0.2) is 30.3 Å². The summed E-state index contributed by atoms with van der Waals surface area (Å²) in [7, 11) is 0. The fourth-order valence-corrected chi connectivity index (χ4v) is 2.90. The number of carbonyl (C=O) groups is 1. The zero-order valence-electron chi connectivity index (χ0n) is 12.6. The van der Waals surface area contributed by atoms with Crippen molar-refractivity contribution in [1.29, 1.82) is 0 Å². The van der Waals surface area contributed by atoms with Gasteiger partial charge in [-0.15, -0.1) is 6.42 Å². The number of esters is 1. The summed E-state index contributed by atoms with van der Waals surface area (Å²) in [5.41, 5.74) is -2.07. The first kappa shape index (κ1) is 15.6. The predicted octanol–water partition coefficient (Wildman–Crippen LogP) is 3.02. The first-order valence-electron chi connectivity index (χ1n) is 7.39. The van der Waals surface area contributed by atoms with Crippen LogP contribution in [-0.2, 0) is 15.1 Å². The van der Waals surface area contributed by atoms with Crippen molar-refractivity contribution < 1.29 is 14.6 Å². The van der Waals surface area contributed by atoms with Gasteiger partial charge in [0, 0.05) is 5.92 Å². The molecule has 3 heteroatoms. The first-order chi connectivity index (χ1) is 9.90. The van der Waals surface area contributed by atoms with E-state index >= 15 is 0 Å². The summed E-state index contributed by atoms with van der Waals surface area (Å²) >= 11 is 0. The molecule has 1 aliphatic rings. The van der Waals surface area contributed by atoms with E-state index in [9.17, 15) is 9.90 Å².